The van der Waals surface area contributed by atoms with Gasteiger partial charge in [-0.1, -0.05) is 35.5 Å². The van der Waals surface area contributed by atoms with E-state index in [-0.39, 0.29) is 0 Å². The van der Waals surface area contributed by atoms with Gasteiger partial charge in [-0.05, 0) is 12.8 Å². The SMILES string of the molecule is Nc1nnc(CCCCCCc2nnc(N)s2)s1. The molecule has 0 aliphatic carbocycles. The minimum atomic E-state index is 0.554. The van der Waals surface area contributed by atoms with Crippen LogP contribution >= 0.6 is 22.7 Å². The fraction of sp³-hybridized carbons (Fsp3) is 0.600. The third-order valence-electron chi connectivity index (χ3n) is 2.50. The molecule has 0 atom stereocenters. The summed E-state index contributed by atoms with van der Waals surface area (Å²) in [5.74, 6) is 0. The maximum atomic E-state index is 5.52. The Morgan fingerprint density at radius 1 is 0.667 bits per heavy atom. The largest absolute Gasteiger partial charge is 0.374 e. The van der Waals surface area contributed by atoms with Crippen LogP contribution in [0, 0.1) is 0 Å². The van der Waals surface area contributed by atoms with Crippen LogP contribution in [0.25, 0.3) is 0 Å². The lowest BCUT2D eigenvalue weighted by atomic mass is 10.1. The van der Waals surface area contributed by atoms with Crippen molar-refractivity contribution < 1.29 is 0 Å². The number of rotatable bonds is 7. The molecule has 2 aromatic rings. The van der Waals surface area contributed by atoms with E-state index in [1.165, 1.54) is 35.5 Å². The smallest absolute Gasteiger partial charge is 0.203 e. The van der Waals surface area contributed by atoms with Gasteiger partial charge in [0.2, 0.25) is 10.3 Å². The lowest BCUT2D eigenvalue weighted by Crippen LogP contribution is -1.88. The summed E-state index contributed by atoms with van der Waals surface area (Å²) in [4.78, 5) is 0. The van der Waals surface area contributed by atoms with Crippen molar-refractivity contribution in [1.82, 2.24) is 20.4 Å². The number of aryl methyl sites for hydroxylation is 2. The Morgan fingerprint density at radius 2 is 1.11 bits per heavy atom. The van der Waals surface area contributed by atoms with E-state index in [0.717, 1.165) is 35.7 Å². The zero-order valence-electron chi connectivity index (χ0n) is 10.0. The summed E-state index contributed by atoms with van der Waals surface area (Å²) in [6.07, 6.45) is 6.59. The Labute approximate surface area is 113 Å². The number of aromatic nitrogens is 4. The Hall–Kier alpha value is -1.28. The molecule has 0 bridgehead atoms. The number of unbranched alkanes of at least 4 members (excludes halogenated alkanes) is 3. The number of nitrogen functional groups attached to an aromatic ring is 2. The predicted octanol–water partition coefficient (Wildman–Crippen LogP) is 1.90. The van der Waals surface area contributed by atoms with E-state index in [9.17, 15) is 0 Å². The molecule has 4 N–H and O–H groups in total. The van der Waals surface area contributed by atoms with Crippen LogP contribution in [0.1, 0.15) is 35.7 Å². The first-order valence-electron chi connectivity index (χ1n) is 5.90. The maximum absolute atomic E-state index is 5.52. The second-order valence-electron chi connectivity index (χ2n) is 3.98. The van der Waals surface area contributed by atoms with E-state index in [0.29, 0.717) is 10.3 Å². The number of hydrogen-bond donors (Lipinski definition) is 2. The summed E-state index contributed by atoms with van der Waals surface area (Å²) in [5.41, 5.74) is 11.0. The van der Waals surface area contributed by atoms with Gasteiger partial charge in [0.1, 0.15) is 10.0 Å². The van der Waals surface area contributed by atoms with Gasteiger partial charge < -0.3 is 11.5 Å². The van der Waals surface area contributed by atoms with Crippen LogP contribution in [0.5, 0.6) is 0 Å². The standard InChI is InChI=1S/C10H16N6S2/c11-9-15-13-7(17-9)5-3-1-2-4-6-8-14-16-10(12)18-8/h1-6H2,(H2,11,15)(H2,12,16). The molecule has 0 fully saturated rings. The van der Waals surface area contributed by atoms with Gasteiger partial charge in [-0.3, -0.25) is 0 Å². The molecule has 18 heavy (non-hydrogen) atoms. The highest BCUT2D eigenvalue weighted by Crippen LogP contribution is 2.16. The van der Waals surface area contributed by atoms with E-state index in [2.05, 4.69) is 20.4 Å². The number of hydrogen-bond acceptors (Lipinski definition) is 8. The van der Waals surface area contributed by atoms with Crippen molar-refractivity contribution in [3.63, 3.8) is 0 Å². The molecule has 0 saturated heterocycles. The quantitative estimate of drug-likeness (QED) is 0.753. The molecule has 0 spiro atoms. The molecule has 8 heteroatoms. The minimum Gasteiger partial charge on any atom is -0.374 e. The first-order valence-corrected chi connectivity index (χ1v) is 7.53. The molecule has 0 aliphatic rings. The zero-order chi connectivity index (χ0) is 12.8. The lowest BCUT2D eigenvalue weighted by molar-refractivity contribution is 0.635. The van der Waals surface area contributed by atoms with Gasteiger partial charge in [-0.25, -0.2) is 0 Å². The summed E-state index contributed by atoms with van der Waals surface area (Å²) in [6.45, 7) is 0. The fourth-order valence-electron chi connectivity index (χ4n) is 1.64. The Kier molecular flexibility index (Phi) is 4.82. The summed E-state index contributed by atoms with van der Waals surface area (Å²) in [5, 5.41) is 18.8. The van der Waals surface area contributed by atoms with Crippen LogP contribution in [0.15, 0.2) is 0 Å². The highest BCUT2D eigenvalue weighted by atomic mass is 32.1. The molecule has 0 aliphatic heterocycles. The second-order valence-corrected chi connectivity index (χ2v) is 6.17. The average molecular weight is 284 g/mol. The molecule has 0 unspecified atom stereocenters. The van der Waals surface area contributed by atoms with Crippen molar-refractivity contribution in [1.29, 1.82) is 0 Å². The van der Waals surface area contributed by atoms with E-state index >= 15 is 0 Å². The van der Waals surface area contributed by atoms with Crippen LogP contribution in [0.4, 0.5) is 10.3 Å². The van der Waals surface area contributed by atoms with Gasteiger partial charge in [-0.15, -0.1) is 20.4 Å². The number of nitrogens with zero attached hydrogens (tertiary/aromatic N) is 4. The molecular weight excluding hydrogens is 268 g/mol. The predicted molar refractivity (Wildman–Crippen MR) is 74.5 cm³/mol. The normalized spacial score (nSPS) is 10.9. The van der Waals surface area contributed by atoms with Crippen molar-refractivity contribution in [2.75, 3.05) is 11.5 Å². The summed E-state index contributed by atoms with van der Waals surface area (Å²) in [7, 11) is 0. The van der Waals surface area contributed by atoms with Crippen LogP contribution in [-0.4, -0.2) is 20.4 Å². The molecular formula is C10H16N6S2. The average Bonchev–Trinajstić information content (AvgIpc) is 2.93. The van der Waals surface area contributed by atoms with Gasteiger partial charge >= 0.3 is 0 Å². The van der Waals surface area contributed by atoms with Gasteiger partial charge in [0.15, 0.2) is 0 Å². The zero-order valence-corrected chi connectivity index (χ0v) is 11.6. The molecule has 6 nitrogen and oxygen atoms in total. The topological polar surface area (TPSA) is 104 Å². The molecule has 2 heterocycles. The van der Waals surface area contributed by atoms with Crippen molar-refractivity contribution in [3.05, 3.63) is 10.0 Å². The summed E-state index contributed by atoms with van der Waals surface area (Å²) < 4.78 is 0. The molecule has 98 valence electrons. The first-order chi connectivity index (χ1) is 8.74. The van der Waals surface area contributed by atoms with Crippen LogP contribution in [0.2, 0.25) is 0 Å². The molecule has 0 amide bonds. The van der Waals surface area contributed by atoms with E-state index in [1.807, 2.05) is 0 Å². The van der Waals surface area contributed by atoms with Crippen molar-refractivity contribution in [2.45, 2.75) is 38.5 Å². The minimum absolute atomic E-state index is 0.554. The summed E-state index contributed by atoms with van der Waals surface area (Å²) >= 11 is 2.95. The first kappa shape index (κ1) is 13.2. The van der Waals surface area contributed by atoms with E-state index in [1.54, 1.807) is 0 Å². The Balaban J connectivity index is 1.54. The monoisotopic (exact) mass is 284 g/mol. The highest BCUT2D eigenvalue weighted by molar-refractivity contribution is 7.15. The van der Waals surface area contributed by atoms with Crippen molar-refractivity contribution >= 4 is 32.9 Å². The van der Waals surface area contributed by atoms with Crippen LogP contribution in [-0.2, 0) is 12.8 Å². The maximum Gasteiger partial charge on any atom is 0.203 e. The van der Waals surface area contributed by atoms with Crippen LogP contribution < -0.4 is 11.5 Å². The molecule has 2 rings (SSSR count). The van der Waals surface area contributed by atoms with Crippen molar-refractivity contribution in [3.8, 4) is 0 Å². The van der Waals surface area contributed by atoms with Crippen molar-refractivity contribution in [2.24, 2.45) is 0 Å². The summed E-state index contributed by atoms with van der Waals surface area (Å²) in [6, 6.07) is 0. The number of anilines is 2. The molecule has 2 aromatic heterocycles. The fourth-order valence-corrected chi connectivity index (χ4v) is 2.94. The molecule has 0 saturated carbocycles. The van der Waals surface area contributed by atoms with E-state index in [4.69, 9.17) is 11.5 Å². The third-order valence-corrected chi connectivity index (χ3v) is 4.12. The van der Waals surface area contributed by atoms with E-state index < -0.39 is 0 Å². The third kappa shape index (κ3) is 4.19. The van der Waals surface area contributed by atoms with Gasteiger partial charge in [0.05, 0.1) is 0 Å². The Bertz CT molecular complexity index is 436. The Morgan fingerprint density at radius 3 is 1.44 bits per heavy atom. The lowest BCUT2D eigenvalue weighted by Gasteiger charge is -1.97. The van der Waals surface area contributed by atoms with Gasteiger partial charge in [0, 0.05) is 12.8 Å². The van der Waals surface area contributed by atoms with Gasteiger partial charge in [0.25, 0.3) is 0 Å². The van der Waals surface area contributed by atoms with Gasteiger partial charge in [-0.2, -0.15) is 0 Å². The second kappa shape index (κ2) is 6.60. The van der Waals surface area contributed by atoms with Crippen LogP contribution in [0.3, 0.4) is 0 Å². The molecule has 0 radical (unpaired) electrons. The number of nitrogens with two attached hydrogens (primary N) is 2. The molecule has 0 aromatic carbocycles. The highest BCUT2D eigenvalue weighted by Gasteiger charge is 2.02.